The Kier molecular flexibility index (Phi) is 2.94. The van der Waals surface area contributed by atoms with Gasteiger partial charge in [0.25, 0.3) is 0 Å². The summed E-state index contributed by atoms with van der Waals surface area (Å²) in [6, 6.07) is 4.95. The van der Waals surface area contributed by atoms with E-state index < -0.39 is 0 Å². The first kappa shape index (κ1) is 13.2. The maximum absolute atomic E-state index is 10.3. The number of benzene rings is 2. The van der Waals surface area contributed by atoms with E-state index in [9.17, 15) is 10.2 Å². The second-order valence-corrected chi connectivity index (χ2v) is 4.41. The number of para-hydroxylation sites is 1. The first-order valence-corrected chi connectivity index (χ1v) is 6.19. The van der Waals surface area contributed by atoms with Crippen LogP contribution in [-0.2, 0) is 0 Å². The highest BCUT2D eigenvalue weighted by Crippen LogP contribution is 2.53. The van der Waals surface area contributed by atoms with Crippen molar-refractivity contribution in [3.8, 4) is 28.7 Å². The van der Waals surface area contributed by atoms with Crippen molar-refractivity contribution in [3.05, 3.63) is 18.2 Å². The Labute approximate surface area is 120 Å². The summed E-state index contributed by atoms with van der Waals surface area (Å²) in [7, 11) is 4.28. The molecule has 21 heavy (non-hydrogen) atoms. The van der Waals surface area contributed by atoms with E-state index in [1.165, 1.54) is 27.4 Å². The predicted molar refractivity (Wildman–Crippen MR) is 76.7 cm³/mol. The lowest BCUT2D eigenvalue weighted by molar-refractivity contribution is 0.318. The smallest absolute Gasteiger partial charge is 0.211 e. The van der Waals surface area contributed by atoms with Gasteiger partial charge >= 0.3 is 0 Å². The Bertz CT molecular complexity index is 833. The maximum atomic E-state index is 10.3. The van der Waals surface area contributed by atoms with Crippen LogP contribution in [0.5, 0.6) is 28.7 Å². The number of hydrogen-bond acceptors (Lipinski definition) is 6. The summed E-state index contributed by atoms with van der Waals surface area (Å²) < 4.78 is 21.4. The lowest BCUT2D eigenvalue weighted by Crippen LogP contribution is -1.94. The molecule has 6 heteroatoms. The molecule has 0 bridgehead atoms. The molecule has 0 amide bonds. The highest BCUT2D eigenvalue weighted by Gasteiger charge is 2.27. The molecule has 0 spiro atoms. The SMILES string of the molecule is COc1c(O)c(OC)c2c(oc3c(O)cccc32)c1OC. The van der Waals surface area contributed by atoms with Crippen LogP contribution in [0.4, 0.5) is 0 Å². The molecule has 6 nitrogen and oxygen atoms in total. The van der Waals surface area contributed by atoms with E-state index >= 15 is 0 Å². The third kappa shape index (κ3) is 1.65. The molecule has 3 aromatic rings. The molecule has 1 aromatic heterocycles. The molecule has 0 aliphatic rings. The number of ether oxygens (including phenoxy) is 3. The summed E-state index contributed by atoms with van der Waals surface area (Å²) in [6.45, 7) is 0. The number of methoxy groups -OCH3 is 3. The molecule has 0 aliphatic carbocycles. The monoisotopic (exact) mass is 290 g/mol. The summed E-state index contributed by atoms with van der Waals surface area (Å²) in [5.41, 5.74) is 0.622. The van der Waals surface area contributed by atoms with Crippen LogP contribution in [0.15, 0.2) is 22.6 Å². The summed E-state index contributed by atoms with van der Waals surface area (Å²) in [5.74, 6) is 0.357. The Morgan fingerprint density at radius 1 is 0.857 bits per heavy atom. The van der Waals surface area contributed by atoms with Crippen LogP contribution in [0.1, 0.15) is 0 Å². The van der Waals surface area contributed by atoms with E-state index in [1.807, 2.05) is 0 Å². The van der Waals surface area contributed by atoms with Crippen molar-refractivity contribution in [2.24, 2.45) is 0 Å². The highest BCUT2D eigenvalue weighted by atomic mass is 16.5. The molecule has 0 radical (unpaired) electrons. The number of phenolic OH excluding ortho intramolecular Hbond substituents is 2. The molecular weight excluding hydrogens is 276 g/mol. The van der Waals surface area contributed by atoms with Crippen molar-refractivity contribution in [3.63, 3.8) is 0 Å². The number of furan rings is 1. The third-order valence-electron chi connectivity index (χ3n) is 3.38. The summed E-state index contributed by atoms with van der Waals surface area (Å²) in [4.78, 5) is 0. The minimum atomic E-state index is -0.185. The minimum absolute atomic E-state index is 0.00809. The van der Waals surface area contributed by atoms with Gasteiger partial charge in [0.15, 0.2) is 22.7 Å². The zero-order valence-electron chi connectivity index (χ0n) is 11.8. The zero-order valence-corrected chi connectivity index (χ0v) is 11.8. The van der Waals surface area contributed by atoms with E-state index in [-0.39, 0.29) is 34.3 Å². The highest BCUT2D eigenvalue weighted by molar-refractivity contribution is 6.13. The average molecular weight is 290 g/mol. The van der Waals surface area contributed by atoms with Crippen molar-refractivity contribution >= 4 is 21.9 Å². The van der Waals surface area contributed by atoms with E-state index in [4.69, 9.17) is 18.6 Å². The molecule has 0 aliphatic heterocycles. The van der Waals surface area contributed by atoms with Crippen LogP contribution < -0.4 is 14.2 Å². The second kappa shape index (κ2) is 4.66. The van der Waals surface area contributed by atoms with E-state index in [2.05, 4.69) is 0 Å². The first-order chi connectivity index (χ1) is 10.1. The second-order valence-electron chi connectivity index (χ2n) is 4.41. The molecule has 110 valence electrons. The van der Waals surface area contributed by atoms with Crippen molar-refractivity contribution < 1.29 is 28.8 Å². The van der Waals surface area contributed by atoms with Gasteiger partial charge in [-0.2, -0.15) is 0 Å². The van der Waals surface area contributed by atoms with Gasteiger partial charge in [-0.15, -0.1) is 0 Å². The summed E-state index contributed by atoms with van der Waals surface area (Å²) in [5, 5.41) is 21.4. The van der Waals surface area contributed by atoms with Crippen molar-refractivity contribution in [1.82, 2.24) is 0 Å². The van der Waals surface area contributed by atoms with E-state index in [0.29, 0.717) is 16.4 Å². The zero-order chi connectivity index (χ0) is 15.1. The topological polar surface area (TPSA) is 81.3 Å². The molecule has 0 fully saturated rings. The largest absolute Gasteiger partial charge is 0.504 e. The molecule has 0 unspecified atom stereocenters. The lowest BCUT2D eigenvalue weighted by atomic mass is 10.1. The van der Waals surface area contributed by atoms with Crippen LogP contribution in [0.2, 0.25) is 0 Å². The van der Waals surface area contributed by atoms with Crippen LogP contribution in [0, 0.1) is 0 Å². The van der Waals surface area contributed by atoms with Gasteiger partial charge in [-0.3, -0.25) is 0 Å². The molecule has 3 rings (SSSR count). The van der Waals surface area contributed by atoms with E-state index in [1.54, 1.807) is 12.1 Å². The van der Waals surface area contributed by atoms with Gasteiger partial charge in [0, 0.05) is 5.39 Å². The fraction of sp³-hybridized carbons (Fsp3) is 0.200. The Balaban J connectivity index is 2.61. The third-order valence-corrected chi connectivity index (χ3v) is 3.38. The van der Waals surface area contributed by atoms with Crippen LogP contribution in [0.25, 0.3) is 21.9 Å². The van der Waals surface area contributed by atoms with Gasteiger partial charge in [-0.05, 0) is 6.07 Å². The molecule has 0 saturated carbocycles. The summed E-state index contributed by atoms with van der Waals surface area (Å²) >= 11 is 0. The Hall–Kier alpha value is -2.76. The minimum Gasteiger partial charge on any atom is -0.504 e. The maximum Gasteiger partial charge on any atom is 0.211 e. The molecule has 0 saturated heterocycles. The fourth-order valence-corrected chi connectivity index (χ4v) is 2.50. The van der Waals surface area contributed by atoms with Crippen LogP contribution >= 0.6 is 0 Å². The first-order valence-electron chi connectivity index (χ1n) is 6.19. The Morgan fingerprint density at radius 3 is 2.14 bits per heavy atom. The van der Waals surface area contributed by atoms with Gasteiger partial charge in [0.1, 0.15) is 0 Å². The predicted octanol–water partition coefficient (Wildman–Crippen LogP) is 3.02. The quantitative estimate of drug-likeness (QED) is 0.771. The number of fused-ring (bicyclic) bond motifs is 3. The normalized spacial score (nSPS) is 11.0. The molecular formula is C15H14O6. The van der Waals surface area contributed by atoms with Gasteiger partial charge in [-0.25, -0.2) is 0 Å². The van der Waals surface area contributed by atoms with Crippen molar-refractivity contribution in [1.29, 1.82) is 0 Å². The standard InChI is InChI=1S/C15H14O6/c1-18-12-9-7-5-4-6-8(16)11(7)21-13(9)15(20-3)14(19-2)10(12)17/h4-6,16-17H,1-3H3. The van der Waals surface area contributed by atoms with Gasteiger partial charge < -0.3 is 28.8 Å². The summed E-state index contributed by atoms with van der Waals surface area (Å²) in [6.07, 6.45) is 0. The van der Waals surface area contributed by atoms with Crippen LogP contribution in [-0.4, -0.2) is 31.5 Å². The van der Waals surface area contributed by atoms with Gasteiger partial charge in [0.2, 0.25) is 17.2 Å². The van der Waals surface area contributed by atoms with Gasteiger partial charge in [-0.1, -0.05) is 12.1 Å². The number of hydrogen-bond donors (Lipinski definition) is 2. The van der Waals surface area contributed by atoms with Crippen molar-refractivity contribution in [2.45, 2.75) is 0 Å². The lowest BCUT2D eigenvalue weighted by Gasteiger charge is -2.13. The van der Waals surface area contributed by atoms with Crippen molar-refractivity contribution in [2.75, 3.05) is 21.3 Å². The molecule has 2 N–H and O–H groups in total. The fourth-order valence-electron chi connectivity index (χ4n) is 2.50. The molecule has 2 aromatic carbocycles. The number of phenols is 2. The van der Waals surface area contributed by atoms with Crippen LogP contribution in [0.3, 0.4) is 0 Å². The van der Waals surface area contributed by atoms with E-state index in [0.717, 1.165) is 0 Å². The Morgan fingerprint density at radius 2 is 1.52 bits per heavy atom. The molecule has 1 heterocycles. The molecule has 0 atom stereocenters. The van der Waals surface area contributed by atoms with Gasteiger partial charge in [0.05, 0.1) is 26.7 Å². The number of aromatic hydroxyl groups is 2. The number of rotatable bonds is 3. The average Bonchev–Trinajstić information content (AvgIpc) is 2.87.